The summed E-state index contributed by atoms with van der Waals surface area (Å²) in [6.07, 6.45) is 3.46. The molecule has 0 unspecified atom stereocenters. The molecule has 1 aromatic heterocycles. The number of likely N-dealkylation sites (tertiary alicyclic amines) is 1. The number of fused-ring (bicyclic) bond motifs is 1. The molecule has 0 radical (unpaired) electrons. The van der Waals surface area contributed by atoms with E-state index >= 15 is 0 Å². The Bertz CT molecular complexity index is 1540. The Morgan fingerprint density at radius 3 is 2.60 bits per heavy atom. The number of carbonyl (C=O) groups excluding carboxylic acids is 2. The SMILES string of the molecule is CC(C)n1c(=O)n(CC2CC2)c(=O)c2cc(NC(=O)N3CCC[C@@H](NC(=O)c4cccc(NOO)c4)C3)ccc21. The molecule has 212 valence electrons. The Hall–Kier alpha value is -4.16. The number of benzene rings is 2. The molecule has 3 amide bonds. The number of nitrogens with zero attached hydrogens (tertiary/aromatic N) is 3. The summed E-state index contributed by atoms with van der Waals surface area (Å²) in [5.41, 5.74) is 3.42. The average molecular weight is 551 g/mol. The first kappa shape index (κ1) is 27.4. The van der Waals surface area contributed by atoms with E-state index in [-0.39, 0.29) is 35.3 Å². The van der Waals surface area contributed by atoms with Crippen molar-refractivity contribution in [3.63, 3.8) is 0 Å². The summed E-state index contributed by atoms with van der Waals surface area (Å²) in [5, 5.41) is 14.8. The van der Waals surface area contributed by atoms with Gasteiger partial charge in [-0.25, -0.2) is 20.3 Å². The molecule has 4 N–H and O–H groups in total. The first-order valence-corrected chi connectivity index (χ1v) is 13.6. The fourth-order valence-corrected chi connectivity index (χ4v) is 5.21. The number of hydrogen-bond acceptors (Lipinski definition) is 7. The van der Waals surface area contributed by atoms with Gasteiger partial charge in [-0.05, 0) is 81.8 Å². The minimum absolute atomic E-state index is 0.135. The molecule has 40 heavy (non-hydrogen) atoms. The summed E-state index contributed by atoms with van der Waals surface area (Å²) in [4.78, 5) is 57.9. The number of aromatic nitrogens is 2. The monoisotopic (exact) mass is 550 g/mol. The van der Waals surface area contributed by atoms with E-state index in [2.05, 4.69) is 21.1 Å². The molecule has 0 spiro atoms. The second kappa shape index (κ2) is 11.5. The van der Waals surface area contributed by atoms with Crippen LogP contribution >= 0.6 is 0 Å². The van der Waals surface area contributed by atoms with E-state index in [9.17, 15) is 19.2 Å². The van der Waals surface area contributed by atoms with Crippen LogP contribution < -0.4 is 27.4 Å². The number of urea groups is 1. The van der Waals surface area contributed by atoms with Crippen molar-refractivity contribution in [2.45, 2.75) is 58.2 Å². The lowest BCUT2D eigenvalue weighted by Gasteiger charge is -2.33. The van der Waals surface area contributed by atoms with Gasteiger partial charge >= 0.3 is 11.7 Å². The zero-order valence-electron chi connectivity index (χ0n) is 22.6. The molecule has 2 aromatic carbocycles. The predicted octanol–water partition coefficient (Wildman–Crippen LogP) is 3.40. The van der Waals surface area contributed by atoms with Crippen molar-refractivity contribution >= 4 is 34.2 Å². The molecular weight excluding hydrogens is 516 g/mol. The molecule has 1 saturated heterocycles. The highest BCUT2D eigenvalue weighted by atomic mass is 17.2. The topological polar surface area (TPSA) is 147 Å². The molecule has 3 aromatic rings. The summed E-state index contributed by atoms with van der Waals surface area (Å²) in [5.74, 6) is 0.0519. The van der Waals surface area contributed by atoms with E-state index in [1.165, 1.54) is 10.6 Å². The number of carbonyl (C=O) groups is 2. The molecule has 2 heterocycles. The summed E-state index contributed by atoms with van der Waals surface area (Å²) in [6.45, 7) is 5.08. The van der Waals surface area contributed by atoms with Crippen LogP contribution in [0.5, 0.6) is 0 Å². The van der Waals surface area contributed by atoms with Gasteiger partial charge in [0.05, 0.1) is 16.6 Å². The van der Waals surface area contributed by atoms with E-state index in [1.54, 1.807) is 45.9 Å². The Labute approximate surface area is 230 Å². The molecule has 1 aliphatic carbocycles. The van der Waals surface area contributed by atoms with Crippen LogP contribution in [-0.4, -0.2) is 50.4 Å². The number of piperidine rings is 1. The van der Waals surface area contributed by atoms with Crippen LogP contribution in [-0.2, 0) is 11.5 Å². The van der Waals surface area contributed by atoms with Gasteiger partial charge in [0.2, 0.25) is 0 Å². The third kappa shape index (κ3) is 5.87. The molecule has 1 atom stereocenters. The highest BCUT2D eigenvalue weighted by Gasteiger charge is 2.27. The summed E-state index contributed by atoms with van der Waals surface area (Å²) < 4.78 is 2.96. The minimum atomic E-state index is -0.342. The molecule has 5 rings (SSSR count). The van der Waals surface area contributed by atoms with E-state index in [1.807, 2.05) is 13.8 Å². The summed E-state index contributed by atoms with van der Waals surface area (Å²) in [7, 11) is 0. The summed E-state index contributed by atoms with van der Waals surface area (Å²) >= 11 is 0. The van der Waals surface area contributed by atoms with Gasteiger partial charge in [0.1, 0.15) is 0 Å². The minimum Gasteiger partial charge on any atom is -0.348 e. The first-order chi connectivity index (χ1) is 19.2. The molecule has 1 saturated carbocycles. The second-order valence-electron chi connectivity index (χ2n) is 10.8. The Balaban J connectivity index is 1.30. The van der Waals surface area contributed by atoms with Crippen molar-refractivity contribution < 1.29 is 19.8 Å². The van der Waals surface area contributed by atoms with Crippen LogP contribution in [0.3, 0.4) is 0 Å². The van der Waals surface area contributed by atoms with Gasteiger partial charge in [-0.15, -0.1) is 4.99 Å². The maximum Gasteiger partial charge on any atom is 0.331 e. The molecule has 12 heteroatoms. The standard InChI is InChI=1S/C28H34N6O6/c1-17(2)34-24-11-10-20(14-23(24)26(36)33(28(34)38)15-18-8-9-18)30-27(37)32-12-4-7-22(16-32)29-25(35)19-5-3-6-21(13-19)31-40-39/h3,5-6,10-11,13-14,17-18,22,31,39H,4,7-9,12,15-16H2,1-2H3,(H,29,35)(H,30,37)/t22-/m1/s1. The van der Waals surface area contributed by atoms with E-state index < -0.39 is 0 Å². The van der Waals surface area contributed by atoms with Crippen molar-refractivity contribution in [1.82, 2.24) is 19.4 Å². The van der Waals surface area contributed by atoms with Crippen molar-refractivity contribution in [2.75, 3.05) is 23.9 Å². The van der Waals surface area contributed by atoms with Crippen LogP contribution in [0.15, 0.2) is 52.1 Å². The van der Waals surface area contributed by atoms with Crippen molar-refractivity contribution in [2.24, 2.45) is 5.92 Å². The molecule has 12 nitrogen and oxygen atoms in total. The lowest BCUT2D eigenvalue weighted by Crippen LogP contribution is -2.50. The van der Waals surface area contributed by atoms with Crippen molar-refractivity contribution in [3.8, 4) is 0 Å². The predicted molar refractivity (Wildman–Crippen MR) is 150 cm³/mol. The Kier molecular flexibility index (Phi) is 7.90. The number of nitrogens with one attached hydrogen (secondary N) is 3. The maximum atomic E-state index is 13.3. The average Bonchev–Trinajstić information content (AvgIpc) is 3.76. The van der Waals surface area contributed by atoms with Gasteiger partial charge in [0.25, 0.3) is 11.5 Å². The van der Waals surface area contributed by atoms with Crippen LogP contribution in [0.2, 0.25) is 0 Å². The summed E-state index contributed by atoms with van der Waals surface area (Å²) in [6, 6.07) is 10.8. The lowest BCUT2D eigenvalue weighted by molar-refractivity contribution is -0.215. The maximum absolute atomic E-state index is 13.3. The van der Waals surface area contributed by atoms with Crippen molar-refractivity contribution in [3.05, 3.63) is 68.9 Å². The number of amides is 3. The fraction of sp³-hybridized carbons (Fsp3) is 0.429. The highest BCUT2D eigenvalue weighted by molar-refractivity contribution is 5.95. The Morgan fingerprint density at radius 2 is 1.88 bits per heavy atom. The van der Waals surface area contributed by atoms with Gasteiger partial charge in [0.15, 0.2) is 0 Å². The molecule has 2 fully saturated rings. The van der Waals surface area contributed by atoms with Gasteiger partial charge in [-0.2, -0.15) is 0 Å². The second-order valence-corrected chi connectivity index (χ2v) is 10.8. The van der Waals surface area contributed by atoms with E-state index in [0.717, 1.165) is 19.3 Å². The quantitative estimate of drug-likeness (QED) is 0.248. The van der Waals surface area contributed by atoms with E-state index in [4.69, 9.17) is 5.26 Å². The number of rotatable bonds is 8. The highest BCUT2D eigenvalue weighted by Crippen LogP contribution is 2.30. The molecule has 1 aliphatic heterocycles. The van der Waals surface area contributed by atoms with Crippen LogP contribution in [0.25, 0.3) is 10.9 Å². The van der Waals surface area contributed by atoms with Gasteiger partial charge in [0, 0.05) is 43.0 Å². The zero-order valence-corrected chi connectivity index (χ0v) is 22.6. The lowest BCUT2D eigenvalue weighted by atomic mass is 10.1. The van der Waals surface area contributed by atoms with E-state index in [0.29, 0.717) is 59.8 Å². The zero-order chi connectivity index (χ0) is 28.4. The fourth-order valence-electron chi connectivity index (χ4n) is 5.21. The Morgan fingerprint density at radius 1 is 1.07 bits per heavy atom. The largest absolute Gasteiger partial charge is 0.348 e. The van der Waals surface area contributed by atoms with Gasteiger partial charge < -0.3 is 15.5 Å². The van der Waals surface area contributed by atoms with Crippen LogP contribution in [0, 0.1) is 5.92 Å². The molecule has 2 aliphatic rings. The smallest absolute Gasteiger partial charge is 0.331 e. The molecule has 0 bridgehead atoms. The van der Waals surface area contributed by atoms with Crippen LogP contribution in [0.1, 0.15) is 55.9 Å². The van der Waals surface area contributed by atoms with Crippen LogP contribution in [0.4, 0.5) is 16.2 Å². The molecular formula is C28H34N6O6. The third-order valence-electron chi connectivity index (χ3n) is 7.41. The number of hydrogen-bond donors (Lipinski definition) is 4. The van der Waals surface area contributed by atoms with Crippen molar-refractivity contribution in [1.29, 1.82) is 0 Å². The van der Waals surface area contributed by atoms with Gasteiger partial charge in [-0.3, -0.25) is 18.7 Å². The first-order valence-electron chi connectivity index (χ1n) is 13.6. The normalized spacial score (nSPS) is 17.2. The van der Waals surface area contributed by atoms with Gasteiger partial charge in [-0.1, -0.05) is 6.07 Å². The number of anilines is 2. The third-order valence-corrected chi connectivity index (χ3v) is 7.41.